The zero-order valence-corrected chi connectivity index (χ0v) is 22.6. The van der Waals surface area contributed by atoms with Gasteiger partial charge in [-0.05, 0) is 17.8 Å². The fourth-order valence-corrected chi connectivity index (χ4v) is 2.53. The van der Waals surface area contributed by atoms with Crippen LogP contribution in [0.4, 0.5) is 0 Å². The van der Waals surface area contributed by atoms with E-state index in [1.165, 1.54) is 70.6 Å². The molecular weight excluding hydrogens is 331 g/mol. The summed E-state index contributed by atoms with van der Waals surface area (Å²) in [6, 6.07) is 0. The highest BCUT2D eigenvalue weighted by atomic mass is 31.0. The summed E-state index contributed by atoms with van der Waals surface area (Å²) < 4.78 is 0. The molecule has 0 aliphatic heterocycles. The minimum Gasteiger partial charge on any atom is -0.153 e. The molecule has 0 aromatic carbocycles. The van der Waals surface area contributed by atoms with Crippen LogP contribution < -0.4 is 0 Å². The summed E-state index contributed by atoms with van der Waals surface area (Å²) in [5.41, 5.74) is 0. The first-order chi connectivity index (χ1) is 12.1. The van der Waals surface area contributed by atoms with Crippen molar-refractivity contribution in [3.8, 4) is 0 Å². The van der Waals surface area contributed by atoms with Crippen molar-refractivity contribution in [2.45, 2.75) is 147 Å². The average molecular weight is 393 g/mol. The molecule has 0 heterocycles. The molecule has 0 amide bonds. The van der Waals surface area contributed by atoms with Crippen LogP contribution in [0.15, 0.2) is 0 Å². The van der Waals surface area contributed by atoms with Crippen molar-refractivity contribution >= 4 is 9.90 Å². The van der Waals surface area contributed by atoms with Gasteiger partial charge in [0.25, 0.3) is 0 Å². The predicted molar refractivity (Wildman–Crippen MR) is 135 cm³/mol. The van der Waals surface area contributed by atoms with Gasteiger partial charge in [-0.15, -0.1) is 0 Å². The summed E-state index contributed by atoms with van der Waals surface area (Å²) in [5, 5.41) is 0. The van der Waals surface area contributed by atoms with Gasteiger partial charge in [0.05, 0.1) is 0 Å². The molecule has 0 spiro atoms. The van der Waals surface area contributed by atoms with Crippen LogP contribution >= 0.6 is 9.90 Å². The Morgan fingerprint density at radius 1 is 0.654 bits per heavy atom. The standard InChI is InChI=1S/2C7H14.C4H10.C3H8.2C2H6.H3P/c1-6(2)7-4-3-5-7;1-2-7-5-3-4-6-7;1-3-4-2;1-3-2;2*1-2;/h6-7H,3-5H2,1-2H3;7H,2-6H2,1H3;3-4H2,1-2H3;3H2,1-2H3;2*1-2H3;1H3. The summed E-state index contributed by atoms with van der Waals surface area (Å²) in [4.78, 5) is 0. The smallest absolute Gasteiger partial charge is 0.0391 e. The highest BCUT2D eigenvalue weighted by molar-refractivity contribution is 6.92. The van der Waals surface area contributed by atoms with E-state index in [4.69, 9.17) is 0 Å². The minimum absolute atomic E-state index is 0. The Hall–Kier alpha value is 0.430. The lowest BCUT2D eigenvalue weighted by molar-refractivity contribution is 0.235. The van der Waals surface area contributed by atoms with Gasteiger partial charge in [-0.2, -0.15) is 9.90 Å². The van der Waals surface area contributed by atoms with Gasteiger partial charge in [-0.3, -0.25) is 0 Å². The second-order valence-electron chi connectivity index (χ2n) is 7.20. The van der Waals surface area contributed by atoms with Crippen LogP contribution in [0.25, 0.3) is 0 Å². The van der Waals surface area contributed by atoms with Crippen LogP contribution in [-0.2, 0) is 0 Å². The van der Waals surface area contributed by atoms with E-state index in [2.05, 4.69) is 48.5 Å². The van der Waals surface area contributed by atoms with E-state index >= 15 is 0 Å². The van der Waals surface area contributed by atoms with Gasteiger partial charge in [0.2, 0.25) is 0 Å². The molecule has 2 aliphatic rings. The molecule has 0 aromatic rings. The van der Waals surface area contributed by atoms with Crippen LogP contribution in [0.3, 0.4) is 0 Å². The monoisotopic (exact) mass is 392 g/mol. The largest absolute Gasteiger partial charge is 0.153 e. The fourth-order valence-electron chi connectivity index (χ4n) is 2.53. The molecule has 26 heavy (non-hydrogen) atoms. The lowest BCUT2D eigenvalue weighted by Crippen LogP contribution is -2.16. The van der Waals surface area contributed by atoms with Gasteiger partial charge >= 0.3 is 0 Å². The Balaban J connectivity index is -0.0000000730. The Kier molecular flexibility index (Phi) is 52.1. The summed E-state index contributed by atoms with van der Waals surface area (Å²) in [5.74, 6) is 3.13. The molecule has 2 rings (SSSR count). The summed E-state index contributed by atoms with van der Waals surface area (Å²) >= 11 is 0. The van der Waals surface area contributed by atoms with Crippen molar-refractivity contribution in [1.82, 2.24) is 0 Å². The van der Waals surface area contributed by atoms with Crippen LogP contribution in [0.1, 0.15) is 147 Å². The summed E-state index contributed by atoms with van der Waals surface area (Å²) in [6.45, 7) is 23.6. The van der Waals surface area contributed by atoms with Crippen LogP contribution in [0, 0.1) is 17.8 Å². The number of hydrogen-bond donors (Lipinski definition) is 0. The molecular formula is C25H61P. The third-order valence-electron chi connectivity index (χ3n) is 4.64. The second-order valence-corrected chi connectivity index (χ2v) is 7.20. The maximum atomic E-state index is 2.32. The highest BCUT2D eigenvalue weighted by Crippen LogP contribution is 2.32. The van der Waals surface area contributed by atoms with Crippen molar-refractivity contribution in [3.05, 3.63) is 0 Å². The molecule has 0 radical (unpaired) electrons. The quantitative estimate of drug-likeness (QED) is 0.419. The molecule has 1 atom stereocenters. The molecule has 0 bridgehead atoms. The maximum Gasteiger partial charge on any atom is -0.0391 e. The lowest BCUT2D eigenvalue weighted by Gasteiger charge is -2.28. The van der Waals surface area contributed by atoms with E-state index in [0.29, 0.717) is 0 Å². The molecule has 0 N–H and O–H groups in total. The first-order valence-electron chi connectivity index (χ1n) is 12.1. The average Bonchev–Trinajstić information content (AvgIpc) is 3.12. The lowest BCUT2D eigenvalue weighted by atomic mass is 9.78. The van der Waals surface area contributed by atoms with Crippen molar-refractivity contribution in [2.75, 3.05) is 0 Å². The van der Waals surface area contributed by atoms with E-state index < -0.39 is 0 Å². The van der Waals surface area contributed by atoms with Crippen molar-refractivity contribution < 1.29 is 0 Å². The van der Waals surface area contributed by atoms with Gasteiger partial charge in [0.15, 0.2) is 0 Å². The maximum absolute atomic E-state index is 2.32. The van der Waals surface area contributed by atoms with Crippen molar-refractivity contribution in [3.63, 3.8) is 0 Å². The first-order valence-corrected chi connectivity index (χ1v) is 12.1. The van der Waals surface area contributed by atoms with Crippen LogP contribution in [0.2, 0.25) is 0 Å². The predicted octanol–water partition coefficient (Wildman–Crippen LogP) is 10.4. The molecule has 0 saturated heterocycles. The fraction of sp³-hybridized carbons (Fsp3) is 1.00. The Bertz CT molecular complexity index is 165. The Morgan fingerprint density at radius 2 is 1.00 bits per heavy atom. The third kappa shape index (κ3) is 32.1. The molecule has 0 nitrogen and oxygen atoms in total. The second kappa shape index (κ2) is 36.4. The highest BCUT2D eigenvalue weighted by Gasteiger charge is 2.19. The van der Waals surface area contributed by atoms with E-state index in [-0.39, 0.29) is 9.90 Å². The number of rotatable bonds is 3. The van der Waals surface area contributed by atoms with E-state index in [1.54, 1.807) is 0 Å². The van der Waals surface area contributed by atoms with Gasteiger partial charge < -0.3 is 0 Å². The normalized spacial score (nSPS) is 14.8. The molecule has 1 heteroatoms. The SMILES string of the molecule is CC.CC.CC(C)C1CCC1.CCC.CCC1CCCC1.CCCC.P. The van der Waals surface area contributed by atoms with Gasteiger partial charge in [-0.25, -0.2) is 0 Å². The zero-order valence-electron chi connectivity index (χ0n) is 21.2. The first kappa shape index (κ1) is 37.2. The van der Waals surface area contributed by atoms with Crippen molar-refractivity contribution in [1.29, 1.82) is 0 Å². The van der Waals surface area contributed by atoms with E-state index in [0.717, 1.165) is 17.8 Å². The minimum atomic E-state index is 0. The van der Waals surface area contributed by atoms with E-state index in [1.807, 2.05) is 27.7 Å². The number of unbranched alkanes of at least 4 members (excludes halogenated alkanes) is 1. The molecule has 2 aliphatic carbocycles. The molecule has 2 fully saturated rings. The molecule has 1 unspecified atom stereocenters. The summed E-state index contributed by atoms with van der Waals surface area (Å²) in [6.07, 6.45) is 15.8. The van der Waals surface area contributed by atoms with Crippen LogP contribution in [-0.4, -0.2) is 0 Å². The number of hydrogen-bond acceptors (Lipinski definition) is 0. The topological polar surface area (TPSA) is 0 Å². The van der Waals surface area contributed by atoms with Gasteiger partial charge in [-0.1, -0.05) is 147 Å². The van der Waals surface area contributed by atoms with Gasteiger partial charge in [0.1, 0.15) is 0 Å². The summed E-state index contributed by atoms with van der Waals surface area (Å²) in [7, 11) is 0. The third-order valence-corrected chi connectivity index (χ3v) is 4.64. The van der Waals surface area contributed by atoms with Gasteiger partial charge in [0, 0.05) is 0 Å². The molecule has 2 saturated carbocycles. The Labute approximate surface area is 174 Å². The molecule has 166 valence electrons. The Morgan fingerprint density at radius 3 is 1.08 bits per heavy atom. The van der Waals surface area contributed by atoms with Crippen molar-refractivity contribution in [2.24, 2.45) is 17.8 Å². The van der Waals surface area contributed by atoms with Crippen LogP contribution in [0.5, 0.6) is 0 Å². The van der Waals surface area contributed by atoms with E-state index in [9.17, 15) is 0 Å². The zero-order chi connectivity index (χ0) is 20.5. The molecule has 0 aromatic heterocycles.